The van der Waals surface area contributed by atoms with Gasteiger partial charge in [-0.3, -0.25) is 14.3 Å². The average Bonchev–Trinajstić information content (AvgIpc) is 3.39. The van der Waals surface area contributed by atoms with Gasteiger partial charge in [-0.25, -0.2) is 0 Å². The first kappa shape index (κ1) is 27.5. The highest BCUT2D eigenvalue weighted by atomic mass is 16.5. The summed E-state index contributed by atoms with van der Waals surface area (Å²) in [6, 6.07) is 19.5. The van der Waals surface area contributed by atoms with Crippen LogP contribution < -0.4 is 15.6 Å². The molecule has 1 fully saturated rings. The molecule has 0 bridgehead atoms. The van der Waals surface area contributed by atoms with E-state index in [4.69, 9.17) is 4.74 Å². The molecule has 42 heavy (non-hydrogen) atoms. The minimum atomic E-state index is -0.305. The summed E-state index contributed by atoms with van der Waals surface area (Å²) in [5.41, 5.74) is 4.01. The zero-order chi connectivity index (χ0) is 29.1. The molecule has 216 valence electrons. The van der Waals surface area contributed by atoms with Crippen LogP contribution in [0.15, 0.2) is 84.0 Å². The molecule has 0 spiro atoms. The Morgan fingerprint density at radius 3 is 2.67 bits per heavy atom. The summed E-state index contributed by atoms with van der Waals surface area (Å²) in [5, 5.41) is 8.14. The molecule has 3 N–H and O–H groups in total. The van der Waals surface area contributed by atoms with E-state index in [-0.39, 0.29) is 16.9 Å². The minimum Gasteiger partial charge on any atom is -0.493 e. The summed E-state index contributed by atoms with van der Waals surface area (Å²) in [6.07, 6.45) is 7.15. The van der Waals surface area contributed by atoms with Crippen molar-refractivity contribution < 1.29 is 9.53 Å². The SMILES string of the molecule is CCN(CC)CC1(COc2ccc3[nH]c(-c4cc(NC(=O)c5cnn(Cc6ccccc6)c5)c[nH]c4=O)cc3c2)CC1. The highest BCUT2D eigenvalue weighted by molar-refractivity contribution is 6.04. The molecule has 0 unspecified atom stereocenters. The first-order valence-corrected chi connectivity index (χ1v) is 14.5. The molecule has 3 aromatic heterocycles. The Bertz CT molecular complexity index is 1740. The maximum atomic E-state index is 12.9. The number of nitrogens with one attached hydrogen (secondary N) is 3. The van der Waals surface area contributed by atoms with Crippen LogP contribution in [-0.2, 0) is 6.54 Å². The van der Waals surface area contributed by atoms with Gasteiger partial charge in [-0.05, 0) is 61.8 Å². The van der Waals surface area contributed by atoms with Gasteiger partial charge in [0.15, 0.2) is 0 Å². The number of aromatic amines is 2. The molecule has 1 saturated carbocycles. The Kier molecular flexibility index (Phi) is 7.67. The molecular formula is C33H36N6O3. The van der Waals surface area contributed by atoms with Crippen molar-refractivity contribution in [2.24, 2.45) is 5.41 Å². The van der Waals surface area contributed by atoms with Gasteiger partial charge in [0.1, 0.15) is 5.75 Å². The average molecular weight is 565 g/mol. The Hall–Kier alpha value is -4.63. The van der Waals surface area contributed by atoms with Crippen LogP contribution in [0.4, 0.5) is 5.69 Å². The van der Waals surface area contributed by atoms with Crippen LogP contribution in [0.1, 0.15) is 42.6 Å². The van der Waals surface area contributed by atoms with Crippen LogP contribution >= 0.6 is 0 Å². The highest BCUT2D eigenvalue weighted by Gasteiger charge is 2.44. The van der Waals surface area contributed by atoms with Crippen molar-refractivity contribution in [1.82, 2.24) is 24.6 Å². The van der Waals surface area contributed by atoms with Crippen LogP contribution in [-0.4, -0.2) is 56.8 Å². The Balaban J connectivity index is 1.14. The van der Waals surface area contributed by atoms with Crippen molar-refractivity contribution >= 4 is 22.5 Å². The van der Waals surface area contributed by atoms with E-state index >= 15 is 0 Å². The number of hydrogen-bond acceptors (Lipinski definition) is 5. The standard InChI is InChI=1S/C33H36N6O3/c1-3-38(4-2)21-33(12-13-33)22-42-27-10-11-29-24(14-27)15-30(37-29)28-16-26(18-34-32(28)41)36-31(40)25-17-35-39(20-25)19-23-8-6-5-7-9-23/h5-11,14-18,20,37H,3-4,12-13,19,21-22H2,1-2H3,(H,34,41)(H,36,40). The third-order valence-electron chi connectivity index (χ3n) is 8.08. The van der Waals surface area contributed by atoms with Gasteiger partial charge in [0.05, 0.1) is 41.9 Å². The fraction of sp³-hybridized carbons (Fsp3) is 0.303. The molecule has 1 amide bonds. The van der Waals surface area contributed by atoms with E-state index < -0.39 is 0 Å². The van der Waals surface area contributed by atoms with Crippen molar-refractivity contribution in [2.45, 2.75) is 33.2 Å². The molecule has 3 heterocycles. The van der Waals surface area contributed by atoms with E-state index in [1.165, 1.54) is 25.2 Å². The van der Waals surface area contributed by atoms with E-state index in [0.717, 1.165) is 41.9 Å². The molecule has 5 aromatic rings. The normalized spacial score (nSPS) is 13.9. The van der Waals surface area contributed by atoms with E-state index in [0.29, 0.717) is 35.7 Å². The number of nitrogens with zero attached hydrogens (tertiary/aromatic N) is 3. The van der Waals surface area contributed by atoms with Crippen molar-refractivity contribution in [3.8, 4) is 17.0 Å². The van der Waals surface area contributed by atoms with Gasteiger partial charge in [-0.1, -0.05) is 44.2 Å². The summed E-state index contributed by atoms with van der Waals surface area (Å²) >= 11 is 0. The zero-order valence-electron chi connectivity index (χ0n) is 24.0. The van der Waals surface area contributed by atoms with Gasteiger partial charge in [0, 0.05) is 35.3 Å². The molecule has 0 radical (unpaired) electrons. The number of hydrogen-bond donors (Lipinski definition) is 3. The first-order chi connectivity index (χ1) is 20.4. The van der Waals surface area contributed by atoms with Crippen molar-refractivity contribution in [3.63, 3.8) is 0 Å². The highest BCUT2D eigenvalue weighted by Crippen LogP contribution is 2.46. The molecular weight excluding hydrogens is 528 g/mol. The Labute approximate surface area is 244 Å². The maximum absolute atomic E-state index is 12.9. The van der Waals surface area contributed by atoms with Gasteiger partial charge in [-0.15, -0.1) is 0 Å². The number of benzene rings is 2. The number of pyridine rings is 1. The second kappa shape index (κ2) is 11.7. The lowest BCUT2D eigenvalue weighted by Gasteiger charge is -2.25. The van der Waals surface area contributed by atoms with Crippen molar-refractivity contribution in [2.75, 3.05) is 31.6 Å². The molecule has 9 heteroatoms. The number of carbonyl (C=O) groups is 1. The molecule has 0 aliphatic heterocycles. The number of carbonyl (C=O) groups excluding carboxylic acids is 1. The Morgan fingerprint density at radius 2 is 1.90 bits per heavy atom. The topological polar surface area (TPSA) is 108 Å². The summed E-state index contributed by atoms with van der Waals surface area (Å²) in [6.45, 7) is 8.87. The lowest BCUT2D eigenvalue weighted by molar-refractivity contribution is 0.102. The smallest absolute Gasteiger partial charge is 0.258 e. The van der Waals surface area contributed by atoms with Gasteiger partial charge in [0.25, 0.3) is 11.5 Å². The molecule has 0 saturated heterocycles. The van der Waals surface area contributed by atoms with Gasteiger partial charge < -0.3 is 24.9 Å². The van der Waals surface area contributed by atoms with Crippen molar-refractivity contribution in [3.05, 3.63) is 101 Å². The molecule has 2 aromatic carbocycles. The zero-order valence-corrected chi connectivity index (χ0v) is 24.0. The van der Waals surface area contributed by atoms with Gasteiger partial charge in [-0.2, -0.15) is 5.10 Å². The largest absolute Gasteiger partial charge is 0.493 e. The summed E-state index contributed by atoms with van der Waals surface area (Å²) in [5.74, 6) is 0.516. The van der Waals surface area contributed by atoms with Crippen LogP contribution in [0.25, 0.3) is 22.2 Å². The van der Waals surface area contributed by atoms with Crippen LogP contribution in [0.2, 0.25) is 0 Å². The number of H-pyrrole nitrogens is 2. The summed E-state index contributed by atoms with van der Waals surface area (Å²) in [7, 11) is 0. The molecule has 1 aliphatic carbocycles. The van der Waals surface area contributed by atoms with Gasteiger partial charge >= 0.3 is 0 Å². The fourth-order valence-corrected chi connectivity index (χ4v) is 5.33. The maximum Gasteiger partial charge on any atom is 0.258 e. The van der Waals surface area contributed by atoms with Crippen molar-refractivity contribution in [1.29, 1.82) is 0 Å². The van der Waals surface area contributed by atoms with Crippen LogP contribution in [0.5, 0.6) is 5.75 Å². The third-order valence-corrected chi connectivity index (χ3v) is 8.08. The second-order valence-electron chi connectivity index (χ2n) is 11.2. The lowest BCUT2D eigenvalue weighted by atomic mass is 10.1. The van der Waals surface area contributed by atoms with E-state index in [1.54, 1.807) is 16.9 Å². The summed E-state index contributed by atoms with van der Waals surface area (Å²) < 4.78 is 7.97. The second-order valence-corrected chi connectivity index (χ2v) is 11.2. The predicted octanol–water partition coefficient (Wildman–Crippen LogP) is 5.52. The van der Waals surface area contributed by atoms with Crippen LogP contribution in [0.3, 0.4) is 0 Å². The monoisotopic (exact) mass is 564 g/mol. The lowest BCUT2D eigenvalue weighted by Crippen LogP contribution is -2.33. The molecule has 1 aliphatic rings. The number of rotatable bonds is 12. The third kappa shape index (κ3) is 6.16. The molecule has 9 nitrogen and oxygen atoms in total. The number of aromatic nitrogens is 4. The molecule has 6 rings (SSSR count). The predicted molar refractivity (Wildman–Crippen MR) is 165 cm³/mol. The molecule has 0 atom stereocenters. The number of amides is 1. The fourth-order valence-electron chi connectivity index (χ4n) is 5.33. The minimum absolute atomic E-state index is 0.251. The van der Waals surface area contributed by atoms with E-state index in [2.05, 4.69) is 39.1 Å². The van der Waals surface area contributed by atoms with E-state index in [9.17, 15) is 9.59 Å². The number of fused-ring (bicyclic) bond motifs is 1. The van der Waals surface area contributed by atoms with E-state index in [1.807, 2.05) is 54.6 Å². The Morgan fingerprint density at radius 1 is 1.10 bits per heavy atom. The van der Waals surface area contributed by atoms with Crippen LogP contribution in [0, 0.1) is 5.41 Å². The summed E-state index contributed by atoms with van der Waals surface area (Å²) in [4.78, 5) is 34.3. The first-order valence-electron chi connectivity index (χ1n) is 14.5. The number of anilines is 1. The quantitative estimate of drug-likeness (QED) is 0.185. The number of ether oxygens (including phenoxy) is 1. The van der Waals surface area contributed by atoms with Gasteiger partial charge in [0.2, 0.25) is 0 Å².